The van der Waals surface area contributed by atoms with Crippen LogP contribution in [0.3, 0.4) is 0 Å². The Morgan fingerprint density at radius 2 is 1.13 bits per heavy atom. The number of benzene rings is 3. The van der Waals surface area contributed by atoms with E-state index in [1.165, 1.54) is 89.5 Å². The topological polar surface area (TPSA) is 71.1 Å². The molecular formula is C40H52O6. The lowest BCUT2D eigenvalue weighted by Crippen LogP contribution is -2.06. The standard InChI is InChI=1S/C40H52O6/c1-3-4-5-6-7-8-9-10-11-12-13-14-15-16-31-44-37-26-17-33(18-27-37)21-30-39(41)46-38-28-22-35(23-29-38)40(42)45-32-34-19-24-36(43-2)25-20-34/h17-30H,3-16,31-32H2,1-2H3/b30-21+. The molecule has 248 valence electrons. The van der Waals surface area contributed by atoms with Crippen molar-refractivity contribution in [2.24, 2.45) is 0 Å². The first-order valence-corrected chi connectivity index (χ1v) is 17.1. The molecule has 46 heavy (non-hydrogen) atoms. The maximum atomic E-state index is 12.4. The first-order valence-electron chi connectivity index (χ1n) is 17.1. The Bertz CT molecular complexity index is 1280. The number of hydrogen-bond acceptors (Lipinski definition) is 6. The highest BCUT2D eigenvalue weighted by atomic mass is 16.5. The van der Waals surface area contributed by atoms with E-state index < -0.39 is 11.9 Å². The molecule has 0 fully saturated rings. The smallest absolute Gasteiger partial charge is 0.338 e. The molecule has 6 heteroatoms. The Morgan fingerprint density at radius 3 is 1.70 bits per heavy atom. The zero-order valence-electron chi connectivity index (χ0n) is 27.8. The highest BCUT2D eigenvalue weighted by molar-refractivity contribution is 5.90. The van der Waals surface area contributed by atoms with E-state index in [0.29, 0.717) is 11.3 Å². The molecule has 3 aromatic carbocycles. The van der Waals surface area contributed by atoms with E-state index in [-0.39, 0.29) is 6.61 Å². The molecule has 0 spiro atoms. The van der Waals surface area contributed by atoms with Crippen molar-refractivity contribution in [2.75, 3.05) is 13.7 Å². The summed E-state index contributed by atoms with van der Waals surface area (Å²) in [6, 6.07) is 21.2. The summed E-state index contributed by atoms with van der Waals surface area (Å²) in [6.45, 7) is 3.14. The van der Waals surface area contributed by atoms with Crippen LogP contribution in [-0.2, 0) is 16.1 Å². The Balaban J connectivity index is 1.23. The molecule has 0 aliphatic carbocycles. The van der Waals surface area contributed by atoms with Crippen LogP contribution >= 0.6 is 0 Å². The van der Waals surface area contributed by atoms with Gasteiger partial charge in [-0.2, -0.15) is 0 Å². The van der Waals surface area contributed by atoms with Crippen molar-refractivity contribution in [1.29, 1.82) is 0 Å². The predicted octanol–water partition coefficient (Wildman–Crippen LogP) is 10.5. The third kappa shape index (κ3) is 15.3. The molecule has 0 N–H and O–H groups in total. The average molecular weight is 629 g/mol. The van der Waals surface area contributed by atoms with Crippen molar-refractivity contribution < 1.29 is 28.5 Å². The molecule has 3 rings (SSSR count). The summed E-state index contributed by atoms with van der Waals surface area (Å²) >= 11 is 0. The van der Waals surface area contributed by atoms with Crippen molar-refractivity contribution in [3.05, 3.63) is 95.6 Å². The minimum Gasteiger partial charge on any atom is -0.497 e. The van der Waals surface area contributed by atoms with Gasteiger partial charge >= 0.3 is 11.9 Å². The van der Waals surface area contributed by atoms with Gasteiger partial charge in [-0.1, -0.05) is 115 Å². The van der Waals surface area contributed by atoms with Crippen LogP contribution in [0.15, 0.2) is 78.9 Å². The number of ether oxygens (including phenoxy) is 4. The number of hydrogen-bond donors (Lipinski definition) is 0. The van der Waals surface area contributed by atoms with E-state index in [9.17, 15) is 9.59 Å². The van der Waals surface area contributed by atoms with Gasteiger partial charge in [-0.05, 0) is 72.2 Å². The molecule has 0 aromatic heterocycles. The number of rotatable bonds is 23. The van der Waals surface area contributed by atoms with Crippen molar-refractivity contribution >= 4 is 18.0 Å². The van der Waals surface area contributed by atoms with Gasteiger partial charge in [-0.15, -0.1) is 0 Å². The van der Waals surface area contributed by atoms with E-state index in [1.807, 2.05) is 48.5 Å². The van der Waals surface area contributed by atoms with Crippen molar-refractivity contribution in [1.82, 2.24) is 0 Å². The largest absolute Gasteiger partial charge is 0.497 e. The Morgan fingerprint density at radius 1 is 0.609 bits per heavy atom. The van der Waals surface area contributed by atoms with Gasteiger partial charge in [-0.25, -0.2) is 9.59 Å². The second-order valence-corrected chi connectivity index (χ2v) is 11.7. The Labute approximate surface area is 276 Å². The lowest BCUT2D eigenvalue weighted by atomic mass is 10.0. The van der Waals surface area contributed by atoms with Gasteiger partial charge in [0.2, 0.25) is 0 Å². The van der Waals surface area contributed by atoms with Gasteiger partial charge in [0, 0.05) is 6.08 Å². The first kappa shape index (κ1) is 36.4. The minimum absolute atomic E-state index is 0.150. The maximum Gasteiger partial charge on any atom is 0.338 e. The number of esters is 2. The Hall–Kier alpha value is -4.06. The molecule has 0 atom stereocenters. The normalized spacial score (nSPS) is 11.0. The van der Waals surface area contributed by atoms with Gasteiger partial charge in [-0.3, -0.25) is 0 Å². The van der Waals surface area contributed by atoms with Gasteiger partial charge in [0.25, 0.3) is 0 Å². The maximum absolute atomic E-state index is 12.4. The lowest BCUT2D eigenvalue weighted by molar-refractivity contribution is -0.128. The highest BCUT2D eigenvalue weighted by Gasteiger charge is 2.09. The second-order valence-electron chi connectivity index (χ2n) is 11.7. The predicted molar refractivity (Wildman–Crippen MR) is 185 cm³/mol. The van der Waals surface area contributed by atoms with Crippen LogP contribution < -0.4 is 14.2 Å². The van der Waals surface area contributed by atoms with Gasteiger partial charge in [0.1, 0.15) is 23.9 Å². The van der Waals surface area contributed by atoms with E-state index in [1.54, 1.807) is 37.5 Å². The number of methoxy groups -OCH3 is 1. The van der Waals surface area contributed by atoms with Crippen molar-refractivity contribution in [3.63, 3.8) is 0 Å². The monoisotopic (exact) mass is 628 g/mol. The van der Waals surface area contributed by atoms with Crippen molar-refractivity contribution in [3.8, 4) is 17.2 Å². The summed E-state index contributed by atoms with van der Waals surface area (Å²) in [5.74, 6) is 0.947. The summed E-state index contributed by atoms with van der Waals surface area (Å²) in [5, 5.41) is 0. The molecule has 3 aromatic rings. The SMILES string of the molecule is CCCCCCCCCCCCCCCCOc1ccc(/C=C/C(=O)Oc2ccc(C(=O)OCc3ccc(OC)cc3)cc2)cc1. The quantitative estimate of drug-likeness (QED) is 0.0450. The molecular weight excluding hydrogens is 576 g/mol. The summed E-state index contributed by atoms with van der Waals surface area (Å²) in [5.41, 5.74) is 2.10. The zero-order chi connectivity index (χ0) is 32.7. The molecule has 0 saturated carbocycles. The lowest BCUT2D eigenvalue weighted by Gasteiger charge is -2.07. The van der Waals surface area contributed by atoms with E-state index in [4.69, 9.17) is 18.9 Å². The summed E-state index contributed by atoms with van der Waals surface area (Å²) in [6.07, 6.45) is 21.9. The average Bonchev–Trinajstić information content (AvgIpc) is 3.09. The molecule has 0 amide bonds. The third-order valence-corrected chi connectivity index (χ3v) is 7.90. The minimum atomic E-state index is -0.507. The van der Waals surface area contributed by atoms with Gasteiger partial charge in [0.15, 0.2) is 0 Å². The molecule has 0 saturated heterocycles. The van der Waals surface area contributed by atoms with Crippen LogP contribution in [0.1, 0.15) is 118 Å². The fourth-order valence-electron chi connectivity index (χ4n) is 5.09. The van der Waals surface area contributed by atoms with Gasteiger partial charge < -0.3 is 18.9 Å². The molecule has 0 radical (unpaired) electrons. The number of carbonyl (C=O) groups is 2. The molecule has 0 bridgehead atoms. The summed E-state index contributed by atoms with van der Waals surface area (Å²) in [4.78, 5) is 24.7. The van der Waals surface area contributed by atoms with E-state index in [0.717, 1.165) is 35.7 Å². The molecule has 0 unspecified atom stereocenters. The van der Waals surface area contributed by atoms with Crippen LogP contribution in [0.5, 0.6) is 17.2 Å². The number of carbonyl (C=O) groups excluding carboxylic acids is 2. The van der Waals surface area contributed by atoms with Crippen LogP contribution in [0.2, 0.25) is 0 Å². The number of unbranched alkanes of at least 4 members (excludes halogenated alkanes) is 13. The third-order valence-electron chi connectivity index (χ3n) is 7.90. The molecule has 0 aliphatic heterocycles. The fraction of sp³-hybridized carbons (Fsp3) is 0.450. The van der Waals surface area contributed by atoms with Crippen LogP contribution in [0.4, 0.5) is 0 Å². The molecule has 6 nitrogen and oxygen atoms in total. The second kappa shape index (κ2) is 22.4. The first-order chi connectivity index (χ1) is 22.6. The summed E-state index contributed by atoms with van der Waals surface area (Å²) < 4.78 is 21.8. The van der Waals surface area contributed by atoms with Crippen LogP contribution in [0.25, 0.3) is 6.08 Å². The van der Waals surface area contributed by atoms with E-state index >= 15 is 0 Å². The highest BCUT2D eigenvalue weighted by Crippen LogP contribution is 2.18. The van der Waals surface area contributed by atoms with Gasteiger partial charge in [0.05, 0.1) is 19.3 Å². The summed E-state index contributed by atoms with van der Waals surface area (Å²) in [7, 11) is 1.60. The molecule has 0 aliphatic rings. The zero-order valence-corrected chi connectivity index (χ0v) is 27.8. The van der Waals surface area contributed by atoms with E-state index in [2.05, 4.69) is 6.92 Å². The Kier molecular flexibility index (Phi) is 17.8. The van der Waals surface area contributed by atoms with Crippen molar-refractivity contribution in [2.45, 2.75) is 103 Å². The molecule has 0 heterocycles. The van der Waals surface area contributed by atoms with Crippen LogP contribution in [-0.4, -0.2) is 25.7 Å². The van der Waals surface area contributed by atoms with Crippen LogP contribution in [0, 0.1) is 0 Å². The fourth-order valence-corrected chi connectivity index (χ4v) is 5.09.